The highest BCUT2D eigenvalue weighted by Gasteiger charge is 2.21. The summed E-state index contributed by atoms with van der Waals surface area (Å²) in [6.45, 7) is 3.46. The van der Waals surface area contributed by atoms with Crippen molar-refractivity contribution in [3.63, 3.8) is 0 Å². The fraction of sp³-hybridized carbons (Fsp3) is 0.238. The summed E-state index contributed by atoms with van der Waals surface area (Å²) in [6, 6.07) is 15.8. The maximum atomic E-state index is 6.42. The molecule has 2 aromatic carbocycles. The van der Waals surface area contributed by atoms with E-state index in [0.717, 1.165) is 32.0 Å². The molecule has 1 aliphatic rings. The van der Waals surface area contributed by atoms with Crippen LogP contribution in [0.5, 0.6) is 5.75 Å². The van der Waals surface area contributed by atoms with Gasteiger partial charge in [-0.1, -0.05) is 29.8 Å². The Labute approximate surface area is 175 Å². The zero-order valence-electron chi connectivity index (χ0n) is 16.2. The number of rotatable bonds is 5. The van der Waals surface area contributed by atoms with Gasteiger partial charge in [0, 0.05) is 36.9 Å². The summed E-state index contributed by atoms with van der Waals surface area (Å²) in [5.74, 6) is 1.92. The van der Waals surface area contributed by atoms with Gasteiger partial charge in [-0.15, -0.1) is 0 Å². The highest BCUT2D eigenvalue weighted by Crippen LogP contribution is 2.34. The summed E-state index contributed by atoms with van der Waals surface area (Å²) >= 11 is 6.12. The van der Waals surface area contributed by atoms with Gasteiger partial charge in [-0.05, 0) is 30.3 Å². The minimum absolute atomic E-state index is 0.502. The summed E-state index contributed by atoms with van der Waals surface area (Å²) in [7, 11) is 1.61. The van der Waals surface area contributed by atoms with Gasteiger partial charge in [0.25, 0.3) is 0 Å². The molecule has 1 aromatic heterocycles. The van der Waals surface area contributed by atoms with Crippen molar-refractivity contribution in [3.8, 4) is 5.75 Å². The average molecular weight is 411 g/mol. The number of piperazine rings is 1. The summed E-state index contributed by atoms with van der Waals surface area (Å²) in [4.78, 5) is 13.3. The summed E-state index contributed by atoms with van der Waals surface area (Å²) < 4.78 is 5.39. The van der Waals surface area contributed by atoms with Crippen molar-refractivity contribution in [1.82, 2.24) is 9.97 Å². The van der Waals surface area contributed by atoms with Crippen molar-refractivity contribution >= 4 is 40.3 Å². The van der Waals surface area contributed by atoms with Crippen molar-refractivity contribution < 1.29 is 4.74 Å². The topological polar surface area (TPSA) is 79.5 Å². The van der Waals surface area contributed by atoms with Crippen molar-refractivity contribution in [2.45, 2.75) is 0 Å². The van der Waals surface area contributed by atoms with E-state index in [9.17, 15) is 0 Å². The molecule has 0 radical (unpaired) electrons. The van der Waals surface area contributed by atoms with E-state index in [0.29, 0.717) is 28.0 Å². The number of benzene rings is 2. The molecule has 0 unspecified atom stereocenters. The fourth-order valence-corrected chi connectivity index (χ4v) is 3.63. The van der Waals surface area contributed by atoms with E-state index in [2.05, 4.69) is 49.4 Å². The Morgan fingerprint density at radius 1 is 1.00 bits per heavy atom. The van der Waals surface area contributed by atoms with Gasteiger partial charge in [0.2, 0.25) is 0 Å². The largest absolute Gasteiger partial charge is 0.495 e. The third-order valence-electron chi connectivity index (χ3n) is 4.98. The zero-order valence-corrected chi connectivity index (χ0v) is 16.9. The number of methoxy groups -OCH3 is 1. The Morgan fingerprint density at radius 2 is 1.72 bits per heavy atom. The molecule has 0 aliphatic carbocycles. The molecule has 0 bridgehead atoms. The van der Waals surface area contributed by atoms with Crippen LogP contribution in [0.2, 0.25) is 5.02 Å². The number of hydrogen-bond donors (Lipinski definition) is 2. The molecule has 8 heteroatoms. The molecule has 1 saturated heterocycles. The van der Waals surface area contributed by atoms with Gasteiger partial charge >= 0.3 is 0 Å². The number of ether oxygens (including phenoxy) is 1. The van der Waals surface area contributed by atoms with Crippen LogP contribution in [0.15, 0.2) is 54.9 Å². The van der Waals surface area contributed by atoms with Crippen molar-refractivity contribution in [2.24, 2.45) is 0 Å². The van der Waals surface area contributed by atoms with Crippen molar-refractivity contribution in [2.75, 3.05) is 54.1 Å². The minimum Gasteiger partial charge on any atom is -0.495 e. The van der Waals surface area contributed by atoms with E-state index in [4.69, 9.17) is 22.1 Å². The number of aromatic nitrogens is 2. The van der Waals surface area contributed by atoms with Crippen molar-refractivity contribution in [3.05, 3.63) is 59.9 Å². The molecule has 1 fully saturated rings. The van der Waals surface area contributed by atoms with Gasteiger partial charge in [0.05, 0.1) is 12.8 Å². The van der Waals surface area contributed by atoms with Crippen LogP contribution in [0, 0.1) is 0 Å². The molecule has 0 saturated carbocycles. The van der Waals surface area contributed by atoms with Gasteiger partial charge in [0.1, 0.15) is 17.8 Å². The van der Waals surface area contributed by atoms with Gasteiger partial charge in [0.15, 0.2) is 11.6 Å². The quantitative estimate of drug-likeness (QED) is 0.662. The Kier molecular flexibility index (Phi) is 5.57. The lowest BCUT2D eigenvalue weighted by atomic mass is 10.2. The standard InChI is InChI=1S/C21H23ClN6O/c1-29-18-8-7-15(22)13-17(18)26-20-19(23)21(25-14-24-20)28-11-9-27(10-12-28)16-5-3-2-4-6-16/h2-8,13-14H,9-12,23H2,1H3,(H,24,25,26). The summed E-state index contributed by atoms with van der Waals surface area (Å²) in [5.41, 5.74) is 8.86. The van der Waals surface area contributed by atoms with Crippen LogP contribution in [0.4, 0.5) is 28.7 Å². The lowest BCUT2D eigenvalue weighted by Crippen LogP contribution is -2.47. The predicted molar refractivity (Wildman–Crippen MR) is 119 cm³/mol. The highest BCUT2D eigenvalue weighted by molar-refractivity contribution is 6.31. The monoisotopic (exact) mass is 410 g/mol. The van der Waals surface area contributed by atoms with Crippen LogP contribution < -0.4 is 25.6 Å². The van der Waals surface area contributed by atoms with E-state index < -0.39 is 0 Å². The Bertz CT molecular complexity index is 976. The van der Waals surface area contributed by atoms with Gasteiger partial charge in [-0.25, -0.2) is 9.97 Å². The predicted octanol–water partition coefficient (Wildman–Crippen LogP) is 3.79. The average Bonchev–Trinajstić information content (AvgIpc) is 2.76. The van der Waals surface area contributed by atoms with E-state index in [-0.39, 0.29) is 0 Å². The van der Waals surface area contributed by atoms with E-state index >= 15 is 0 Å². The number of para-hydroxylation sites is 1. The minimum atomic E-state index is 0.502. The third-order valence-corrected chi connectivity index (χ3v) is 5.21. The number of anilines is 5. The number of nitrogen functional groups attached to an aromatic ring is 1. The van der Waals surface area contributed by atoms with Crippen LogP contribution in [-0.2, 0) is 0 Å². The first kappa shape index (κ1) is 19.1. The van der Waals surface area contributed by atoms with Gasteiger partial charge < -0.3 is 25.6 Å². The number of hydrogen-bond acceptors (Lipinski definition) is 7. The molecule has 2 heterocycles. The maximum absolute atomic E-state index is 6.42. The van der Waals surface area contributed by atoms with Crippen LogP contribution in [-0.4, -0.2) is 43.3 Å². The molecule has 7 nitrogen and oxygen atoms in total. The number of nitrogens with zero attached hydrogens (tertiary/aromatic N) is 4. The lowest BCUT2D eigenvalue weighted by molar-refractivity contribution is 0.417. The molecule has 150 valence electrons. The van der Waals surface area contributed by atoms with Crippen molar-refractivity contribution in [1.29, 1.82) is 0 Å². The Hall–Kier alpha value is -3.19. The van der Waals surface area contributed by atoms with Crippen LogP contribution >= 0.6 is 11.6 Å². The Balaban J connectivity index is 1.51. The lowest BCUT2D eigenvalue weighted by Gasteiger charge is -2.37. The first-order valence-electron chi connectivity index (χ1n) is 9.41. The number of nitrogens with two attached hydrogens (primary N) is 1. The summed E-state index contributed by atoms with van der Waals surface area (Å²) in [5, 5.41) is 3.82. The first-order valence-corrected chi connectivity index (χ1v) is 9.79. The third kappa shape index (κ3) is 4.14. The number of halogens is 1. The van der Waals surface area contributed by atoms with E-state index in [1.165, 1.54) is 12.0 Å². The van der Waals surface area contributed by atoms with Crippen LogP contribution in [0.1, 0.15) is 0 Å². The second-order valence-electron chi connectivity index (χ2n) is 6.74. The molecule has 4 rings (SSSR count). The van der Waals surface area contributed by atoms with Gasteiger partial charge in [-0.3, -0.25) is 0 Å². The van der Waals surface area contributed by atoms with E-state index in [1.807, 2.05) is 6.07 Å². The van der Waals surface area contributed by atoms with Crippen LogP contribution in [0.25, 0.3) is 0 Å². The molecular weight excluding hydrogens is 388 g/mol. The second kappa shape index (κ2) is 8.45. The molecule has 29 heavy (non-hydrogen) atoms. The van der Waals surface area contributed by atoms with E-state index in [1.54, 1.807) is 25.3 Å². The molecule has 3 aromatic rings. The second-order valence-corrected chi connectivity index (χ2v) is 7.18. The zero-order chi connectivity index (χ0) is 20.2. The molecular formula is C21H23ClN6O. The number of nitrogens with one attached hydrogen (secondary N) is 1. The maximum Gasteiger partial charge on any atom is 0.159 e. The highest BCUT2D eigenvalue weighted by atomic mass is 35.5. The normalized spacial score (nSPS) is 14.0. The summed E-state index contributed by atoms with van der Waals surface area (Å²) in [6.07, 6.45) is 1.52. The smallest absolute Gasteiger partial charge is 0.159 e. The molecule has 3 N–H and O–H groups in total. The fourth-order valence-electron chi connectivity index (χ4n) is 3.46. The molecule has 0 amide bonds. The first-order chi connectivity index (χ1) is 14.2. The van der Waals surface area contributed by atoms with Crippen LogP contribution in [0.3, 0.4) is 0 Å². The SMILES string of the molecule is COc1ccc(Cl)cc1Nc1ncnc(N2CCN(c3ccccc3)CC2)c1N. The van der Waals surface area contributed by atoms with Gasteiger partial charge in [-0.2, -0.15) is 0 Å². The molecule has 0 atom stereocenters. The molecule has 0 spiro atoms. The molecule has 1 aliphatic heterocycles. The Morgan fingerprint density at radius 3 is 2.45 bits per heavy atom.